The second-order valence-electron chi connectivity index (χ2n) is 3.53. The third-order valence-corrected chi connectivity index (χ3v) is 3.78. The number of likely N-dealkylation sites (tertiary alicyclic amines) is 1. The van der Waals surface area contributed by atoms with E-state index in [0.717, 1.165) is 12.8 Å². The third kappa shape index (κ3) is 3.15. The molecule has 0 unspecified atom stereocenters. The zero-order chi connectivity index (χ0) is 11.5. The second kappa shape index (κ2) is 4.91. The van der Waals surface area contributed by atoms with Gasteiger partial charge in [-0.15, -0.1) is 0 Å². The lowest BCUT2D eigenvalue weighted by Crippen LogP contribution is -2.42. The van der Waals surface area contributed by atoms with Crippen LogP contribution in [0.5, 0.6) is 0 Å². The van der Waals surface area contributed by atoms with E-state index >= 15 is 0 Å². The predicted molar refractivity (Wildman–Crippen MR) is 54.7 cm³/mol. The lowest BCUT2D eigenvalue weighted by Gasteiger charge is -2.22. The molecule has 1 saturated heterocycles. The molecule has 15 heavy (non-hydrogen) atoms. The van der Waals surface area contributed by atoms with E-state index in [-0.39, 0.29) is 12.6 Å². The molecule has 1 aliphatic heterocycles. The fraction of sp³-hybridized carbons (Fsp3) is 0.875. The molecule has 0 bridgehead atoms. The Kier molecular flexibility index (Phi) is 4.06. The summed E-state index contributed by atoms with van der Waals surface area (Å²) in [6, 6.07) is -0.218. The number of amides is 1. The topological polar surface area (TPSA) is 86.7 Å². The summed E-state index contributed by atoms with van der Waals surface area (Å²) in [5.74, 6) is -0.985. The van der Waals surface area contributed by atoms with Gasteiger partial charge >= 0.3 is 0 Å². The number of rotatable bonds is 4. The molecule has 1 amide bonds. The molecule has 0 saturated carbocycles. The van der Waals surface area contributed by atoms with Gasteiger partial charge in [-0.3, -0.25) is 4.79 Å². The maximum atomic E-state index is 11.6. The molecule has 0 spiro atoms. The number of hydrogen-bond donors (Lipinski definition) is 2. The summed E-state index contributed by atoms with van der Waals surface area (Å²) >= 11 is 0. The molecule has 1 atom stereocenters. The second-order valence-corrected chi connectivity index (χ2v) is 5.46. The number of aliphatic hydroxyl groups is 1. The molecule has 1 aliphatic rings. The monoisotopic (exact) mass is 236 g/mol. The normalized spacial score (nSPS) is 22.0. The van der Waals surface area contributed by atoms with Crippen molar-refractivity contribution < 1.29 is 18.3 Å². The predicted octanol–water partition coefficient (Wildman–Crippen LogP) is -1.48. The summed E-state index contributed by atoms with van der Waals surface area (Å²) in [5.41, 5.74) is 0. The van der Waals surface area contributed by atoms with Gasteiger partial charge in [0, 0.05) is 6.54 Å². The summed E-state index contributed by atoms with van der Waals surface area (Å²) in [6.07, 6.45) is 1.55. The van der Waals surface area contributed by atoms with E-state index in [1.807, 2.05) is 0 Å². The Bertz CT molecular complexity index is 328. The van der Waals surface area contributed by atoms with E-state index in [0.29, 0.717) is 6.54 Å². The highest BCUT2D eigenvalue weighted by molar-refractivity contribution is 7.90. The van der Waals surface area contributed by atoms with E-state index in [2.05, 4.69) is 4.72 Å². The number of sulfonamides is 1. The number of nitrogens with one attached hydrogen (secondary N) is 1. The van der Waals surface area contributed by atoms with Crippen molar-refractivity contribution in [1.82, 2.24) is 9.62 Å². The first-order valence-electron chi connectivity index (χ1n) is 4.81. The van der Waals surface area contributed by atoms with E-state index in [4.69, 9.17) is 5.11 Å². The molecule has 7 heteroatoms. The smallest absolute Gasteiger partial charge is 0.239 e. The van der Waals surface area contributed by atoms with Gasteiger partial charge in [0.2, 0.25) is 15.9 Å². The largest absolute Gasteiger partial charge is 0.394 e. The fourth-order valence-electron chi connectivity index (χ4n) is 1.67. The third-order valence-electron chi connectivity index (χ3n) is 2.53. The molecule has 0 aromatic heterocycles. The molecule has 2 N–H and O–H groups in total. The van der Waals surface area contributed by atoms with Crippen molar-refractivity contribution in [2.45, 2.75) is 18.9 Å². The van der Waals surface area contributed by atoms with Gasteiger partial charge in [0.15, 0.2) is 0 Å². The van der Waals surface area contributed by atoms with Crippen LogP contribution in [0, 0.1) is 0 Å². The summed E-state index contributed by atoms with van der Waals surface area (Å²) in [5, 5.41) is 8.98. The van der Waals surface area contributed by atoms with Gasteiger partial charge in [0.1, 0.15) is 5.75 Å². The van der Waals surface area contributed by atoms with Crippen LogP contribution in [-0.4, -0.2) is 56.3 Å². The summed E-state index contributed by atoms with van der Waals surface area (Å²) in [7, 11) is -2.24. The Morgan fingerprint density at radius 1 is 1.60 bits per heavy atom. The zero-order valence-electron chi connectivity index (χ0n) is 8.64. The van der Waals surface area contributed by atoms with Crippen molar-refractivity contribution in [3.63, 3.8) is 0 Å². The van der Waals surface area contributed by atoms with E-state index in [9.17, 15) is 13.2 Å². The molecule has 1 fully saturated rings. The Morgan fingerprint density at radius 2 is 2.27 bits per heavy atom. The number of nitrogens with zero attached hydrogens (tertiary/aromatic N) is 1. The number of carbonyl (C=O) groups excluding carboxylic acids is 1. The molecule has 6 nitrogen and oxygen atoms in total. The highest BCUT2D eigenvalue weighted by Crippen LogP contribution is 2.16. The first-order chi connectivity index (χ1) is 7.00. The molecule has 1 rings (SSSR count). The molecule has 88 valence electrons. The van der Waals surface area contributed by atoms with Crippen LogP contribution in [0.2, 0.25) is 0 Å². The molecule has 0 aromatic carbocycles. The van der Waals surface area contributed by atoms with Crippen LogP contribution in [0.3, 0.4) is 0 Å². The molecular weight excluding hydrogens is 220 g/mol. The summed E-state index contributed by atoms with van der Waals surface area (Å²) in [4.78, 5) is 13.0. The van der Waals surface area contributed by atoms with Gasteiger partial charge in [-0.25, -0.2) is 13.1 Å². The average Bonchev–Trinajstić information content (AvgIpc) is 2.64. The Morgan fingerprint density at radius 3 is 2.80 bits per heavy atom. The summed E-state index contributed by atoms with van der Waals surface area (Å²) < 4.78 is 24.4. The van der Waals surface area contributed by atoms with Crippen LogP contribution in [0.25, 0.3) is 0 Å². The first-order valence-corrected chi connectivity index (χ1v) is 6.47. The van der Waals surface area contributed by atoms with Gasteiger partial charge in [-0.1, -0.05) is 0 Å². The van der Waals surface area contributed by atoms with Gasteiger partial charge in [-0.05, 0) is 19.9 Å². The minimum Gasteiger partial charge on any atom is -0.394 e. The Balaban J connectivity index is 2.61. The Labute approximate surface area is 89.3 Å². The van der Waals surface area contributed by atoms with Gasteiger partial charge < -0.3 is 10.0 Å². The van der Waals surface area contributed by atoms with Crippen LogP contribution in [-0.2, 0) is 14.8 Å². The molecule has 1 heterocycles. The number of aliphatic hydroxyl groups excluding tert-OH is 1. The average molecular weight is 236 g/mol. The van der Waals surface area contributed by atoms with Crippen molar-refractivity contribution in [3.8, 4) is 0 Å². The maximum Gasteiger partial charge on any atom is 0.239 e. The van der Waals surface area contributed by atoms with Crippen LogP contribution >= 0.6 is 0 Å². The van der Waals surface area contributed by atoms with Gasteiger partial charge in [-0.2, -0.15) is 0 Å². The van der Waals surface area contributed by atoms with Gasteiger partial charge in [0.05, 0.1) is 12.6 Å². The van der Waals surface area contributed by atoms with Crippen LogP contribution < -0.4 is 4.72 Å². The number of carbonyl (C=O) groups is 1. The van der Waals surface area contributed by atoms with E-state index in [1.165, 1.54) is 11.9 Å². The van der Waals surface area contributed by atoms with E-state index in [1.54, 1.807) is 0 Å². The van der Waals surface area contributed by atoms with Crippen molar-refractivity contribution >= 4 is 15.9 Å². The van der Waals surface area contributed by atoms with Gasteiger partial charge in [0.25, 0.3) is 0 Å². The minimum absolute atomic E-state index is 0.106. The quantitative estimate of drug-likeness (QED) is 0.623. The lowest BCUT2D eigenvalue weighted by molar-refractivity contribution is -0.129. The molecule has 0 aromatic rings. The molecule has 0 aliphatic carbocycles. The zero-order valence-corrected chi connectivity index (χ0v) is 9.46. The fourth-order valence-corrected chi connectivity index (χ4v) is 2.31. The SMILES string of the molecule is CNS(=O)(=O)CC(=O)N1CCC[C@H]1CO. The van der Waals surface area contributed by atoms with Crippen molar-refractivity contribution in [1.29, 1.82) is 0 Å². The van der Waals surface area contributed by atoms with E-state index < -0.39 is 21.7 Å². The standard InChI is InChI=1S/C8H16N2O4S/c1-9-15(13,14)6-8(12)10-4-2-3-7(10)5-11/h7,9,11H,2-6H2,1H3/t7-/m0/s1. The van der Waals surface area contributed by atoms with Crippen molar-refractivity contribution in [3.05, 3.63) is 0 Å². The van der Waals surface area contributed by atoms with Crippen molar-refractivity contribution in [2.75, 3.05) is 26.0 Å². The minimum atomic E-state index is -3.51. The lowest BCUT2D eigenvalue weighted by atomic mass is 10.2. The molecule has 0 radical (unpaired) electrons. The van der Waals surface area contributed by atoms with Crippen LogP contribution in [0.15, 0.2) is 0 Å². The highest BCUT2D eigenvalue weighted by Gasteiger charge is 2.30. The maximum absolute atomic E-state index is 11.6. The molecular formula is C8H16N2O4S. The highest BCUT2D eigenvalue weighted by atomic mass is 32.2. The summed E-state index contributed by atoms with van der Waals surface area (Å²) in [6.45, 7) is 0.425. The van der Waals surface area contributed by atoms with Crippen LogP contribution in [0.4, 0.5) is 0 Å². The first kappa shape index (κ1) is 12.4. The van der Waals surface area contributed by atoms with Crippen LogP contribution in [0.1, 0.15) is 12.8 Å². The Hall–Kier alpha value is -0.660. The number of hydrogen-bond acceptors (Lipinski definition) is 4. The van der Waals surface area contributed by atoms with Crippen molar-refractivity contribution in [2.24, 2.45) is 0 Å².